The molecule has 170 valence electrons. The molecule has 0 spiro atoms. The highest BCUT2D eigenvalue weighted by Gasteiger charge is 2.17. The van der Waals surface area contributed by atoms with Gasteiger partial charge in [-0.2, -0.15) is 5.10 Å². The minimum Gasteiger partial charge on any atom is -0.409 e. The minimum atomic E-state index is -0.226. The van der Waals surface area contributed by atoms with Crippen LogP contribution in [0, 0.1) is 6.92 Å². The van der Waals surface area contributed by atoms with E-state index in [-0.39, 0.29) is 5.56 Å². The Labute approximate surface area is 192 Å². The van der Waals surface area contributed by atoms with Gasteiger partial charge in [0.15, 0.2) is 5.65 Å². The van der Waals surface area contributed by atoms with Gasteiger partial charge < -0.3 is 9.74 Å². The molecule has 0 bridgehead atoms. The molecule has 1 saturated heterocycles. The summed E-state index contributed by atoms with van der Waals surface area (Å²) >= 11 is 0. The number of nitrogens with zero attached hydrogens (tertiary/aromatic N) is 6. The number of aromatic nitrogens is 4. The van der Waals surface area contributed by atoms with Crippen molar-refractivity contribution in [1.29, 1.82) is 0 Å². The number of aryl methyl sites for hydroxylation is 1. The number of rotatable bonds is 7. The van der Waals surface area contributed by atoms with Crippen molar-refractivity contribution in [2.75, 3.05) is 44.2 Å². The molecular formula is C25H28N6O2. The smallest absolute Gasteiger partial charge is 0.297 e. The van der Waals surface area contributed by atoms with Crippen molar-refractivity contribution in [2.24, 2.45) is 0 Å². The summed E-state index contributed by atoms with van der Waals surface area (Å²) in [5.74, 6) is 0.515. The van der Waals surface area contributed by atoms with Gasteiger partial charge in [0.2, 0.25) is 0 Å². The number of fused-ring (bicyclic) bond motifs is 1. The summed E-state index contributed by atoms with van der Waals surface area (Å²) in [5, 5.41) is 4.81. The lowest BCUT2D eigenvalue weighted by Gasteiger charge is -2.36. The average Bonchev–Trinajstić information content (AvgIpc) is 3.29. The van der Waals surface area contributed by atoms with E-state index in [9.17, 15) is 4.79 Å². The molecule has 0 atom stereocenters. The monoisotopic (exact) mass is 444 g/mol. The summed E-state index contributed by atoms with van der Waals surface area (Å²) in [7, 11) is 0. The zero-order valence-electron chi connectivity index (χ0n) is 18.8. The zero-order chi connectivity index (χ0) is 22.6. The summed E-state index contributed by atoms with van der Waals surface area (Å²) in [4.78, 5) is 28.3. The fraction of sp³-hybridized carbons (Fsp3) is 0.320. The van der Waals surface area contributed by atoms with Crippen molar-refractivity contribution in [3.63, 3.8) is 0 Å². The van der Waals surface area contributed by atoms with Gasteiger partial charge in [0.05, 0.1) is 11.9 Å². The molecule has 1 aliphatic rings. The molecule has 33 heavy (non-hydrogen) atoms. The molecule has 2 aromatic carbocycles. The van der Waals surface area contributed by atoms with Gasteiger partial charge in [0.1, 0.15) is 17.8 Å². The molecular weight excluding hydrogens is 416 g/mol. The fourth-order valence-corrected chi connectivity index (χ4v) is 4.28. The number of anilines is 1. The van der Waals surface area contributed by atoms with Crippen LogP contribution in [0.25, 0.3) is 16.7 Å². The van der Waals surface area contributed by atoms with Crippen LogP contribution < -0.4 is 15.3 Å². The van der Waals surface area contributed by atoms with E-state index in [1.165, 1.54) is 10.4 Å². The normalized spacial score (nSPS) is 14.6. The van der Waals surface area contributed by atoms with Gasteiger partial charge in [0, 0.05) is 38.4 Å². The predicted molar refractivity (Wildman–Crippen MR) is 129 cm³/mol. The van der Waals surface area contributed by atoms with E-state index in [1.54, 1.807) is 17.8 Å². The summed E-state index contributed by atoms with van der Waals surface area (Å²) in [6.45, 7) is 7.29. The topological polar surface area (TPSA) is 68.4 Å². The predicted octanol–water partition coefficient (Wildman–Crippen LogP) is 2.53. The molecule has 0 radical (unpaired) electrons. The van der Waals surface area contributed by atoms with Crippen LogP contribution in [0.1, 0.15) is 12.2 Å². The van der Waals surface area contributed by atoms with Gasteiger partial charge in [-0.15, -0.1) is 4.73 Å². The van der Waals surface area contributed by atoms with Crippen molar-refractivity contribution in [3.8, 4) is 5.69 Å². The van der Waals surface area contributed by atoms with Crippen LogP contribution >= 0.6 is 0 Å². The molecule has 2 aromatic heterocycles. The van der Waals surface area contributed by atoms with Gasteiger partial charge in [0.25, 0.3) is 5.56 Å². The fourth-order valence-electron chi connectivity index (χ4n) is 4.28. The number of piperazine rings is 1. The first-order valence-corrected chi connectivity index (χ1v) is 11.4. The summed E-state index contributed by atoms with van der Waals surface area (Å²) in [5.41, 5.74) is 2.47. The van der Waals surface area contributed by atoms with Crippen molar-refractivity contribution >= 4 is 16.7 Å². The van der Waals surface area contributed by atoms with Gasteiger partial charge >= 0.3 is 0 Å². The summed E-state index contributed by atoms with van der Waals surface area (Å²) < 4.78 is 2.98. The van der Waals surface area contributed by atoms with E-state index in [0.29, 0.717) is 23.5 Å². The van der Waals surface area contributed by atoms with Crippen LogP contribution in [0.5, 0.6) is 0 Å². The minimum absolute atomic E-state index is 0.226. The first-order chi connectivity index (χ1) is 16.2. The van der Waals surface area contributed by atoms with Crippen LogP contribution in [0.15, 0.2) is 71.7 Å². The van der Waals surface area contributed by atoms with Crippen molar-refractivity contribution in [1.82, 2.24) is 24.4 Å². The van der Waals surface area contributed by atoms with Crippen molar-refractivity contribution in [3.05, 3.63) is 83.0 Å². The molecule has 1 aliphatic heterocycles. The standard InChI is InChI=1S/C25H28N6O2/c1-20-27-24-23(19-26-30(24)22-11-6-3-7-12-22)25(32)31(20)33-18-8-13-28-14-16-29(17-15-28)21-9-4-2-5-10-21/h2-7,9-12,19H,8,13-18H2,1H3. The Morgan fingerprint density at radius 1 is 0.909 bits per heavy atom. The van der Waals surface area contributed by atoms with Gasteiger partial charge in [-0.1, -0.05) is 36.4 Å². The van der Waals surface area contributed by atoms with Crippen molar-refractivity contribution in [2.45, 2.75) is 13.3 Å². The van der Waals surface area contributed by atoms with E-state index >= 15 is 0 Å². The van der Waals surface area contributed by atoms with E-state index in [0.717, 1.165) is 44.8 Å². The number of benzene rings is 2. The van der Waals surface area contributed by atoms with Crippen LogP contribution in [-0.4, -0.2) is 63.7 Å². The third-order valence-corrected chi connectivity index (χ3v) is 6.05. The number of hydrogen-bond acceptors (Lipinski definition) is 6. The highest BCUT2D eigenvalue weighted by molar-refractivity contribution is 5.75. The maximum atomic E-state index is 13.0. The number of hydrogen-bond donors (Lipinski definition) is 0. The highest BCUT2D eigenvalue weighted by atomic mass is 16.7. The van der Waals surface area contributed by atoms with Crippen LogP contribution in [0.4, 0.5) is 5.69 Å². The molecule has 0 aliphatic carbocycles. The highest BCUT2D eigenvalue weighted by Crippen LogP contribution is 2.16. The van der Waals surface area contributed by atoms with Crippen molar-refractivity contribution < 1.29 is 4.84 Å². The first kappa shape index (κ1) is 21.2. The summed E-state index contributed by atoms with van der Waals surface area (Å²) in [6.07, 6.45) is 2.40. The lowest BCUT2D eigenvalue weighted by Crippen LogP contribution is -2.47. The SMILES string of the molecule is Cc1nc2c(cnn2-c2ccccc2)c(=O)n1OCCCN1CCN(c2ccccc2)CC1. The quantitative estimate of drug-likeness (QED) is 0.408. The molecule has 3 heterocycles. The molecule has 0 unspecified atom stereocenters. The molecule has 0 amide bonds. The Morgan fingerprint density at radius 2 is 1.58 bits per heavy atom. The van der Waals surface area contributed by atoms with Crippen LogP contribution in [0.3, 0.4) is 0 Å². The van der Waals surface area contributed by atoms with E-state index in [1.807, 2.05) is 30.3 Å². The van der Waals surface area contributed by atoms with Gasteiger partial charge in [-0.05, 0) is 37.6 Å². The maximum absolute atomic E-state index is 13.0. The van der Waals surface area contributed by atoms with Gasteiger partial charge in [-0.3, -0.25) is 9.69 Å². The summed E-state index contributed by atoms with van der Waals surface area (Å²) in [6, 6.07) is 20.2. The van der Waals surface area contributed by atoms with Crippen LogP contribution in [-0.2, 0) is 0 Å². The zero-order valence-corrected chi connectivity index (χ0v) is 18.8. The molecule has 8 nitrogen and oxygen atoms in total. The molecule has 4 aromatic rings. The molecule has 8 heteroatoms. The Bertz CT molecular complexity index is 1260. The maximum Gasteiger partial charge on any atom is 0.297 e. The molecule has 0 N–H and O–H groups in total. The van der Waals surface area contributed by atoms with E-state index in [4.69, 9.17) is 4.84 Å². The Balaban J connectivity index is 1.17. The molecule has 1 fully saturated rings. The Kier molecular flexibility index (Phi) is 6.08. The third-order valence-electron chi connectivity index (χ3n) is 6.05. The Hall–Kier alpha value is -3.65. The lowest BCUT2D eigenvalue weighted by molar-refractivity contribution is 0.0858. The van der Waals surface area contributed by atoms with E-state index in [2.05, 4.69) is 50.2 Å². The van der Waals surface area contributed by atoms with Gasteiger partial charge in [-0.25, -0.2) is 9.67 Å². The largest absolute Gasteiger partial charge is 0.409 e. The first-order valence-electron chi connectivity index (χ1n) is 11.4. The lowest BCUT2D eigenvalue weighted by atomic mass is 10.2. The second kappa shape index (κ2) is 9.46. The number of para-hydroxylation sites is 2. The third kappa shape index (κ3) is 4.47. The molecule has 5 rings (SSSR count). The average molecular weight is 445 g/mol. The second-order valence-electron chi connectivity index (χ2n) is 8.24. The van der Waals surface area contributed by atoms with E-state index < -0.39 is 0 Å². The van der Waals surface area contributed by atoms with Crippen LogP contribution in [0.2, 0.25) is 0 Å². The Morgan fingerprint density at radius 3 is 2.27 bits per heavy atom. The molecule has 0 saturated carbocycles. The second-order valence-corrected chi connectivity index (χ2v) is 8.24.